The third-order valence-electron chi connectivity index (χ3n) is 5.49. The van der Waals surface area contributed by atoms with Crippen molar-refractivity contribution in [2.75, 3.05) is 19.8 Å². The molecule has 1 saturated carbocycles. The van der Waals surface area contributed by atoms with Crippen molar-refractivity contribution in [1.29, 1.82) is 0 Å². The Bertz CT molecular complexity index is 282. The number of hydrogen-bond acceptors (Lipinski definition) is 3. The van der Waals surface area contributed by atoms with Crippen molar-refractivity contribution in [2.45, 2.75) is 76.0 Å². The fourth-order valence-electron chi connectivity index (χ4n) is 4.13. The second-order valence-electron chi connectivity index (χ2n) is 6.82. The first-order valence-electron chi connectivity index (χ1n) is 8.26. The van der Waals surface area contributed by atoms with Crippen molar-refractivity contribution in [3.63, 3.8) is 0 Å². The second kappa shape index (κ2) is 6.11. The Balaban J connectivity index is 1.40. The molecule has 0 amide bonds. The van der Waals surface area contributed by atoms with E-state index in [1.54, 1.807) is 0 Å². The van der Waals surface area contributed by atoms with Crippen LogP contribution < -0.4 is 5.32 Å². The molecular formula is C16H29NO2. The summed E-state index contributed by atoms with van der Waals surface area (Å²) in [4.78, 5) is 0. The van der Waals surface area contributed by atoms with Crippen LogP contribution in [0.1, 0.15) is 58.3 Å². The van der Waals surface area contributed by atoms with E-state index in [0.717, 1.165) is 25.7 Å². The minimum Gasteiger partial charge on any atom is -0.381 e. The summed E-state index contributed by atoms with van der Waals surface area (Å²) in [5.74, 6) is 0.788. The lowest BCUT2D eigenvalue weighted by Gasteiger charge is -2.30. The average molecular weight is 267 g/mol. The molecule has 0 aromatic carbocycles. The maximum atomic E-state index is 6.36. The van der Waals surface area contributed by atoms with Gasteiger partial charge in [-0.25, -0.2) is 0 Å². The lowest BCUT2D eigenvalue weighted by molar-refractivity contribution is -0.0369. The van der Waals surface area contributed by atoms with Crippen LogP contribution in [0, 0.1) is 5.92 Å². The summed E-state index contributed by atoms with van der Waals surface area (Å²) in [5.41, 5.74) is 0.286. The second-order valence-corrected chi connectivity index (χ2v) is 6.82. The molecule has 2 heterocycles. The molecule has 2 saturated heterocycles. The van der Waals surface area contributed by atoms with Crippen LogP contribution in [0.25, 0.3) is 0 Å². The van der Waals surface area contributed by atoms with Gasteiger partial charge in [-0.2, -0.15) is 0 Å². The minimum absolute atomic E-state index is 0.286. The van der Waals surface area contributed by atoms with E-state index in [2.05, 4.69) is 12.2 Å². The molecule has 0 bridgehead atoms. The highest BCUT2D eigenvalue weighted by atomic mass is 16.5. The van der Waals surface area contributed by atoms with Crippen LogP contribution >= 0.6 is 0 Å². The van der Waals surface area contributed by atoms with E-state index in [1.807, 2.05) is 0 Å². The van der Waals surface area contributed by atoms with Crippen molar-refractivity contribution >= 4 is 0 Å². The molecule has 1 N–H and O–H groups in total. The molecule has 3 rings (SSSR count). The van der Waals surface area contributed by atoms with Gasteiger partial charge in [0.15, 0.2) is 0 Å². The molecule has 3 heteroatoms. The average Bonchev–Trinajstić information content (AvgIpc) is 3.08. The van der Waals surface area contributed by atoms with Gasteiger partial charge in [-0.05, 0) is 51.4 Å². The number of hydrogen-bond donors (Lipinski definition) is 1. The zero-order chi connectivity index (χ0) is 13.1. The van der Waals surface area contributed by atoms with Crippen molar-refractivity contribution in [1.82, 2.24) is 5.32 Å². The van der Waals surface area contributed by atoms with Gasteiger partial charge in [0, 0.05) is 25.8 Å². The van der Waals surface area contributed by atoms with E-state index in [1.165, 1.54) is 51.4 Å². The van der Waals surface area contributed by atoms with Gasteiger partial charge in [-0.15, -0.1) is 0 Å². The highest BCUT2D eigenvalue weighted by Gasteiger charge is 2.42. The first-order valence-corrected chi connectivity index (χ1v) is 8.26. The quantitative estimate of drug-likeness (QED) is 0.849. The first kappa shape index (κ1) is 13.8. The first-order chi connectivity index (χ1) is 9.27. The fraction of sp³-hybridized carbons (Fsp3) is 1.00. The molecule has 0 aromatic rings. The van der Waals surface area contributed by atoms with Crippen LogP contribution in [0.2, 0.25) is 0 Å². The third kappa shape index (κ3) is 3.32. The van der Waals surface area contributed by atoms with Gasteiger partial charge in [0.2, 0.25) is 0 Å². The molecule has 1 aliphatic carbocycles. The molecule has 2 unspecified atom stereocenters. The Kier molecular flexibility index (Phi) is 4.45. The SMILES string of the molecule is CC(NCC1CCC2(CCCC2)O1)C1CCOCC1. The van der Waals surface area contributed by atoms with E-state index >= 15 is 0 Å². The summed E-state index contributed by atoms with van der Waals surface area (Å²) >= 11 is 0. The summed E-state index contributed by atoms with van der Waals surface area (Å²) in [6.45, 7) is 5.26. The van der Waals surface area contributed by atoms with Gasteiger partial charge < -0.3 is 14.8 Å². The molecule has 110 valence electrons. The molecule has 2 aliphatic heterocycles. The fourth-order valence-corrected chi connectivity index (χ4v) is 4.13. The van der Waals surface area contributed by atoms with Crippen molar-refractivity contribution in [2.24, 2.45) is 5.92 Å². The van der Waals surface area contributed by atoms with Crippen LogP contribution in [0.5, 0.6) is 0 Å². The molecule has 1 spiro atoms. The molecule has 0 aromatic heterocycles. The van der Waals surface area contributed by atoms with Gasteiger partial charge in [0.1, 0.15) is 0 Å². The Hall–Kier alpha value is -0.120. The molecular weight excluding hydrogens is 238 g/mol. The zero-order valence-corrected chi connectivity index (χ0v) is 12.3. The minimum atomic E-state index is 0.286. The van der Waals surface area contributed by atoms with Gasteiger partial charge in [-0.3, -0.25) is 0 Å². The van der Waals surface area contributed by atoms with Gasteiger partial charge in [0.25, 0.3) is 0 Å². The number of ether oxygens (including phenoxy) is 2. The monoisotopic (exact) mass is 267 g/mol. The summed E-state index contributed by atoms with van der Waals surface area (Å²) in [7, 11) is 0. The Morgan fingerprint density at radius 1 is 1.11 bits per heavy atom. The predicted molar refractivity (Wildman–Crippen MR) is 76.3 cm³/mol. The highest BCUT2D eigenvalue weighted by Crippen LogP contribution is 2.43. The molecule has 19 heavy (non-hydrogen) atoms. The summed E-state index contributed by atoms with van der Waals surface area (Å²) < 4.78 is 11.8. The number of rotatable bonds is 4. The Morgan fingerprint density at radius 2 is 1.84 bits per heavy atom. The normalized spacial score (nSPS) is 33.0. The topological polar surface area (TPSA) is 30.5 Å². The smallest absolute Gasteiger partial charge is 0.0708 e. The van der Waals surface area contributed by atoms with E-state index in [-0.39, 0.29) is 5.60 Å². The van der Waals surface area contributed by atoms with Crippen molar-refractivity contribution < 1.29 is 9.47 Å². The Labute approximate surface area is 117 Å². The van der Waals surface area contributed by atoms with Gasteiger partial charge in [0.05, 0.1) is 11.7 Å². The molecule has 2 atom stereocenters. The van der Waals surface area contributed by atoms with Gasteiger partial charge >= 0.3 is 0 Å². The highest BCUT2D eigenvalue weighted by molar-refractivity contribution is 4.93. The van der Waals surface area contributed by atoms with Crippen LogP contribution in [0.3, 0.4) is 0 Å². The van der Waals surface area contributed by atoms with Crippen LogP contribution in [-0.2, 0) is 9.47 Å². The lowest BCUT2D eigenvalue weighted by atomic mass is 9.93. The van der Waals surface area contributed by atoms with Gasteiger partial charge in [-0.1, -0.05) is 12.8 Å². The summed E-state index contributed by atoms with van der Waals surface area (Å²) in [6, 6.07) is 0.604. The molecule has 3 aliphatic rings. The zero-order valence-electron chi connectivity index (χ0n) is 12.3. The van der Waals surface area contributed by atoms with E-state index < -0.39 is 0 Å². The largest absolute Gasteiger partial charge is 0.381 e. The van der Waals surface area contributed by atoms with Crippen LogP contribution in [0.15, 0.2) is 0 Å². The molecule has 0 radical (unpaired) electrons. The standard InChI is InChI=1S/C16H29NO2/c1-13(14-5-10-18-11-6-14)17-12-15-4-9-16(19-15)7-2-3-8-16/h13-15,17H,2-12H2,1H3. The summed E-state index contributed by atoms with van der Waals surface area (Å²) in [6.07, 6.45) is 10.8. The maximum Gasteiger partial charge on any atom is 0.0708 e. The number of nitrogens with one attached hydrogen (secondary N) is 1. The Morgan fingerprint density at radius 3 is 2.58 bits per heavy atom. The predicted octanol–water partition coefficient (Wildman–Crippen LogP) is 2.88. The van der Waals surface area contributed by atoms with Crippen molar-refractivity contribution in [3.05, 3.63) is 0 Å². The summed E-state index contributed by atoms with van der Waals surface area (Å²) in [5, 5.41) is 3.72. The van der Waals surface area contributed by atoms with Crippen LogP contribution in [0.4, 0.5) is 0 Å². The van der Waals surface area contributed by atoms with Crippen molar-refractivity contribution in [3.8, 4) is 0 Å². The lowest BCUT2D eigenvalue weighted by Crippen LogP contribution is -2.41. The molecule has 3 nitrogen and oxygen atoms in total. The maximum absolute atomic E-state index is 6.36. The van der Waals surface area contributed by atoms with E-state index in [0.29, 0.717) is 12.1 Å². The molecule has 3 fully saturated rings. The van der Waals surface area contributed by atoms with E-state index in [4.69, 9.17) is 9.47 Å². The van der Waals surface area contributed by atoms with E-state index in [9.17, 15) is 0 Å². The van der Waals surface area contributed by atoms with Crippen LogP contribution in [-0.4, -0.2) is 37.5 Å². The third-order valence-corrected chi connectivity index (χ3v) is 5.49.